The van der Waals surface area contributed by atoms with E-state index in [9.17, 15) is 9.90 Å². The Morgan fingerprint density at radius 3 is 2.80 bits per heavy atom. The van der Waals surface area contributed by atoms with E-state index in [4.69, 9.17) is 4.74 Å². The van der Waals surface area contributed by atoms with Crippen molar-refractivity contribution >= 4 is 5.91 Å². The minimum atomic E-state index is -0.233. The van der Waals surface area contributed by atoms with Crippen molar-refractivity contribution in [1.29, 1.82) is 0 Å². The fourth-order valence-electron chi connectivity index (χ4n) is 3.08. The number of fused-ring (bicyclic) bond motifs is 1. The third-order valence-corrected chi connectivity index (χ3v) is 4.32. The second-order valence-corrected chi connectivity index (χ2v) is 5.69. The summed E-state index contributed by atoms with van der Waals surface area (Å²) in [5.41, 5.74) is 1.16. The first-order valence-corrected chi connectivity index (χ1v) is 7.41. The first-order valence-electron chi connectivity index (χ1n) is 7.41. The van der Waals surface area contributed by atoms with Gasteiger partial charge in [0, 0.05) is 19.5 Å². The topological polar surface area (TPSA) is 49.8 Å². The van der Waals surface area contributed by atoms with Crippen LogP contribution in [0.2, 0.25) is 0 Å². The van der Waals surface area contributed by atoms with E-state index >= 15 is 0 Å². The third-order valence-electron chi connectivity index (χ3n) is 4.32. The van der Waals surface area contributed by atoms with E-state index in [1.807, 2.05) is 23.1 Å². The van der Waals surface area contributed by atoms with Gasteiger partial charge in [-0.3, -0.25) is 4.79 Å². The number of ether oxygens (including phenoxy) is 1. The van der Waals surface area contributed by atoms with Crippen LogP contribution in [0.3, 0.4) is 0 Å². The Kier molecular flexibility index (Phi) is 3.92. The number of benzene rings is 1. The van der Waals surface area contributed by atoms with Gasteiger partial charge in [-0.1, -0.05) is 18.2 Å². The summed E-state index contributed by atoms with van der Waals surface area (Å²) >= 11 is 0. The highest BCUT2D eigenvalue weighted by Crippen LogP contribution is 2.35. The summed E-state index contributed by atoms with van der Waals surface area (Å²) in [6.07, 6.45) is 2.63. The van der Waals surface area contributed by atoms with Crippen LogP contribution < -0.4 is 4.74 Å². The monoisotopic (exact) mass is 275 g/mol. The molecule has 2 heterocycles. The van der Waals surface area contributed by atoms with Crippen molar-refractivity contribution in [1.82, 2.24) is 4.90 Å². The van der Waals surface area contributed by atoms with E-state index < -0.39 is 0 Å². The molecule has 20 heavy (non-hydrogen) atoms. The summed E-state index contributed by atoms with van der Waals surface area (Å²) in [7, 11) is 0. The predicted octanol–water partition coefficient (Wildman–Crippen LogP) is 1.93. The molecule has 2 aliphatic heterocycles. The molecule has 0 radical (unpaired) electrons. The van der Waals surface area contributed by atoms with Gasteiger partial charge in [0.05, 0.1) is 12.7 Å². The van der Waals surface area contributed by atoms with Crippen LogP contribution in [0.1, 0.15) is 37.2 Å². The Balaban J connectivity index is 1.65. The maximum Gasteiger partial charge on any atom is 0.223 e. The number of rotatable bonds is 2. The lowest BCUT2D eigenvalue weighted by Crippen LogP contribution is -2.40. The van der Waals surface area contributed by atoms with Crippen LogP contribution in [-0.2, 0) is 4.79 Å². The van der Waals surface area contributed by atoms with Gasteiger partial charge in [-0.15, -0.1) is 0 Å². The molecule has 1 aromatic rings. The lowest BCUT2D eigenvalue weighted by atomic mass is 9.89. The summed E-state index contributed by atoms with van der Waals surface area (Å²) in [6, 6.07) is 8.01. The van der Waals surface area contributed by atoms with Crippen molar-refractivity contribution in [2.24, 2.45) is 0 Å². The fourth-order valence-corrected chi connectivity index (χ4v) is 3.08. The van der Waals surface area contributed by atoms with Gasteiger partial charge >= 0.3 is 0 Å². The summed E-state index contributed by atoms with van der Waals surface area (Å²) in [6.45, 7) is 2.06. The van der Waals surface area contributed by atoms with Gasteiger partial charge in [0.25, 0.3) is 0 Å². The molecule has 4 heteroatoms. The van der Waals surface area contributed by atoms with E-state index in [0.717, 1.165) is 17.7 Å². The molecule has 1 aromatic carbocycles. The number of likely N-dealkylation sites (tertiary alicyclic amines) is 1. The highest BCUT2D eigenvalue weighted by Gasteiger charge is 2.27. The van der Waals surface area contributed by atoms with E-state index in [1.165, 1.54) is 0 Å². The van der Waals surface area contributed by atoms with Crippen molar-refractivity contribution in [3.63, 3.8) is 0 Å². The zero-order chi connectivity index (χ0) is 13.9. The van der Waals surface area contributed by atoms with Gasteiger partial charge in [0.2, 0.25) is 5.91 Å². The highest BCUT2D eigenvalue weighted by atomic mass is 16.5. The number of nitrogens with zero attached hydrogens (tertiary/aromatic N) is 1. The zero-order valence-corrected chi connectivity index (χ0v) is 11.6. The molecule has 1 fully saturated rings. The number of amides is 1. The molecule has 0 bridgehead atoms. The quantitative estimate of drug-likeness (QED) is 0.897. The number of hydrogen-bond donors (Lipinski definition) is 1. The van der Waals surface area contributed by atoms with E-state index in [2.05, 4.69) is 6.07 Å². The van der Waals surface area contributed by atoms with Crippen molar-refractivity contribution in [2.45, 2.75) is 37.7 Å². The standard InChI is InChI=1S/C16H21NO3/c18-13-5-8-17(9-6-13)16(19)11-12-7-10-20-15-4-2-1-3-14(12)15/h1-4,12-13,18H,5-11H2. The number of aliphatic hydroxyl groups is 1. The Morgan fingerprint density at radius 1 is 1.25 bits per heavy atom. The minimum absolute atomic E-state index is 0.207. The van der Waals surface area contributed by atoms with Crippen LogP contribution in [0.5, 0.6) is 5.75 Å². The third kappa shape index (κ3) is 2.80. The lowest BCUT2D eigenvalue weighted by Gasteiger charge is -2.32. The predicted molar refractivity (Wildman–Crippen MR) is 75.7 cm³/mol. The zero-order valence-electron chi connectivity index (χ0n) is 11.6. The number of para-hydroxylation sites is 1. The largest absolute Gasteiger partial charge is 0.493 e. The Hall–Kier alpha value is -1.55. The van der Waals surface area contributed by atoms with E-state index in [-0.39, 0.29) is 17.9 Å². The van der Waals surface area contributed by atoms with Gasteiger partial charge < -0.3 is 14.7 Å². The SMILES string of the molecule is O=C(CC1CCOc2ccccc21)N1CCC(O)CC1. The molecule has 4 nitrogen and oxygen atoms in total. The summed E-state index contributed by atoms with van der Waals surface area (Å²) < 4.78 is 5.64. The molecule has 1 atom stereocenters. The molecule has 1 N–H and O–H groups in total. The first kappa shape index (κ1) is 13.4. The molecule has 0 saturated carbocycles. The average molecular weight is 275 g/mol. The van der Waals surface area contributed by atoms with Crippen LogP contribution in [0.15, 0.2) is 24.3 Å². The molecule has 2 aliphatic rings. The van der Waals surface area contributed by atoms with Crippen molar-refractivity contribution in [3.8, 4) is 5.75 Å². The number of hydrogen-bond acceptors (Lipinski definition) is 3. The maximum absolute atomic E-state index is 12.4. The van der Waals surface area contributed by atoms with E-state index in [1.54, 1.807) is 0 Å². The van der Waals surface area contributed by atoms with Crippen molar-refractivity contribution in [3.05, 3.63) is 29.8 Å². The van der Waals surface area contributed by atoms with Crippen LogP contribution in [0, 0.1) is 0 Å². The molecule has 1 unspecified atom stereocenters. The maximum atomic E-state index is 12.4. The van der Waals surface area contributed by atoms with Crippen LogP contribution >= 0.6 is 0 Å². The minimum Gasteiger partial charge on any atom is -0.493 e. The Labute approximate surface area is 119 Å². The summed E-state index contributed by atoms with van der Waals surface area (Å²) in [5, 5.41) is 9.51. The van der Waals surface area contributed by atoms with Gasteiger partial charge in [-0.2, -0.15) is 0 Å². The summed E-state index contributed by atoms with van der Waals surface area (Å²) in [4.78, 5) is 14.3. The normalized spacial score (nSPS) is 23.1. The Bertz CT molecular complexity index is 480. The van der Waals surface area contributed by atoms with E-state index in [0.29, 0.717) is 39.0 Å². The fraction of sp³-hybridized carbons (Fsp3) is 0.562. The number of carbonyl (C=O) groups is 1. The van der Waals surface area contributed by atoms with Crippen molar-refractivity contribution in [2.75, 3.05) is 19.7 Å². The van der Waals surface area contributed by atoms with Crippen LogP contribution in [0.25, 0.3) is 0 Å². The molecule has 1 amide bonds. The number of aliphatic hydroxyl groups excluding tert-OH is 1. The second-order valence-electron chi connectivity index (χ2n) is 5.69. The molecule has 3 rings (SSSR count). The van der Waals surface area contributed by atoms with Crippen molar-refractivity contribution < 1.29 is 14.6 Å². The second kappa shape index (κ2) is 5.83. The number of piperidine rings is 1. The van der Waals surface area contributed by atoms with Crippen LogP contribution in [-0.4, -0.2) is 41.7 Å². The highest BCUT2D eigenvalue weighted by molar-refractivity contribution is 5.77. The molecular weight excluding hydrogens is 254 g/mol. The first-order chi connectivity index (χ1) is 9.74. The summed E-state index contributed by atoms with van der Waals surface area (Å²) in [5.74, 6) is 1.39. The lowest BCUT2D eigenvalue weighted by molar-refractivity contribution is -0.133. The molecule has 1 saturated heterocycles. The van der Waals surface area contributed by atoms with Gasteiger partial charge in [0.1, 0.15) is 5.75 Å². The molecule has 108 valence electrons. The molecular formula is C16H21NO3. The van der Waals surface area contributed by atoms with Crippen LogP contribution in [0.4, 0.5) is 0 Å². The molecule has 0 aliphatic carbocycles. The van der Waals surface area contributed by atoms with Gasteiger partial charge in [-0.25, -0.2) is 0 Å². The number of carbonyl (C=O) groups excluding carboxylic acids is 1. The Morgan fingerprint density at radius 2 is 2.00 bits per heavy atom. The van der Waals surface area contributed by atoms with Gasteiger partial charge in [0.15, 0.2) is 0 Å². The smallest absolute Gasteiger partial charge is 0.223 e. The molecule has 0 spiro atoms. The molecule has 0 aromatic heterocycles. The van der Waals surface area contributed by atoms with Gasteiger partial charge in [-0.05, 0) is 36.8 Å². The average Bonchev–Trinajstić information content (AvgIpc) is 2.48.